The van der Waals surface area contributed by atoms with Gasteiger partial charge in [-0.05, 0) is 48.0 Å². The number of anilines is 1. The topological polar surface area (TPSA) is 64.9 Å². The molecular weight excluding hydrogens is 286 g/mol. The standard InChI is InChI=1S/C16H12ClN3O/c17-13-6-4-12(5-7-13)16-19-15(21-20-16)10-3-11-1-8-14(18)9-2-11/h1-10H,18H2/b10-3+. The van der Waals surface area contributed by atoms with Crippen LogP contribution in [0.3, 0.4) is 0 Å². The molecule has 2 aromatic carbocycles. The third kappa shape index (κ3) is 3.30. The van der Waals surface area contributed by atoms with Crippen LogP contribution in [-0.2, 0) is 0 Å². The predicted molar refractivity (Wildman–Crippen MR) is 84.5 cm³/mol. The second-order valence-corrected chi connectivity index (χ2v) is 4.90. The number of nitrogens with zero attached hydrogens (tertiary/aromatic N) is 2. The Hall–Kier alpha value is -2.59. The van der Waals surface area contributed by atoms with E-state index in [0.29, 0.717) is 16.7 Å². The number of benzene rings is 2. The first-order chi connectivity index (χ1) is 10.2. The van der Waals surface area contributed by atoms with E-state index in [2.05, 4.69) is 10.1 Å². The van der Waals surface area contributed by atoms with Gasteiger partial charge in [0.2, 0.25) is 5.82 Å². The molecule has 0 bridgehead atoms. The van der Waals surface area contributed by atoms with Crippen molar-refractivity contribution in [2.75, 3.05) is 5.73 Å². The van der Waals surface area contributed by atoms with Gasteiger partial charge in [-0.15, -0.1) is 0 Å². The molecular formula is C16H12ClN3O. The van der Waals surface area contributed by atoms with Crippen LogP contribution < -0.4 is 5.73 Å². The van der Waals surface area contributed by atoms with Crippen LogP contribution in [0.5, 0.6) is 0 Å². The quantitative estimate of drug-likeness (QED) is 0.738. The zero-order valence-corrected chi connectivity index (χ0v) is 11.8. The summed E-state index contributed by atoms with van der Waals surface area (Å²) in [5.74, 6) is 0.973. The molecule has 3 aromatic rings. The minimum Gasteiger partial charge on any atom is -0.399 e. The number of halogens is 1. The number of rotatable bonds is 3. The second kappa shape index (κ2) is 5.81. The number of nitrogens with two attached hydrogens (primary N) is 1. The summed E-state index contributed by atoms with van der Waals surface area (Å²) in [4.78, 5) is 4.31. The third-order valence-electron chi connectivity index (χ3n) is 2.90. The summed E-state index contributed by atoms with van der Waals surface area (Å²) in [6, 6.07) is 14.8. The molecule has 0 amide bonds. The minimum atomic E-state index is 0.441. The molecule has 0 saturated heterocycles. The maximum atomic E-state index is 5.85. The van der Waals surface area contributed by atoms with Crippen molar-refractivity contribution in [1.29, 1.82) is 0 Å². The van der Waals surface area contributed by atoms with Crippen molar-refractivity contribution in [3.63, 3.8) is 0 Å². The largest absolute Gasteiger partial charge is 0.399 e. The fourth-order valence-corrected chi connectivity index (χ4v) is 1.92. The lowest BCUT2D eigenvalue weighted by Crippen LogP contribution is -1.82. The lowest BCUT2D eigenvalue weighted by Gasteiger charge is -1.93. The summed E-state index contributed by atoms with van der Waals surface area (Å²) < 4.78 is 5.19. The molecule has 3 rings (SSSR count). The highest BCUT2D eigenvalue weighted by atomic mass is 35.5. The number of hydrogen-bond donors (Lipinski definition) is 1. The van der Waals surface area contributed by atoms with E-state index in [1.165, 1.54) is 0 Å². The lowest BCUT2D eigenvalue weighted by molar-refractivity contribution is 0.411. The van der Waals surface area contributed by atoms with E-state index < -0.39 is 0 Å². The molecule has 0 saturated carbocycles. The van der Waals surface area contributed by atoms with Crippen molar-refractivity contribution in [3.05, 3.63) is 65.0 Å². The highest BCUT2D eigenvalue weighted by Gasteiger charge is 2.06. The first kappa shape index (κ1) is 13.4. The summed E-state index contributed by atoms with van der Waals surface area (Å²) in [6.07, 6.45) is 3.65. The summed E-state index contributed by atoms with van der Waals surface area (Å²) in [6.45, 7) is 0. The van der Waals surface area contributed by atoms with Crippen molar-refractivity contribution in [1.82, 2.24) is 10.1 Å². The minimum absolute atomic E-state index is 0.441. The molecule has 0 atom stereocenters. The monoisotopic (exact) mass is 297 g/mol. The fourth-order valence-electron chi connectivity index (χ4n) is 1.79. The average Bonchev–Trinajstić information content (AvgIpc) is 2.96. The molecule has 104 valence electrons. The second-order valence-electron chi connectivity index (χ2n) is 4.46. The van der Waals surface area contributed by atoms with Gasteiger partial charge in [-0.1, -0.05) is 28.9 Å². The highest BCUT2D eigenvalue weighted by Crippen LogP contribution is 2.19. The van der Waals surface area contributed by atoms with E-state index >= 15 is 0 Å². The van der Waals surface area contributed by atoms with E-state index in [-0.39, 0.29) is 0 Å². The van der Waals surface area contributed by atoms with Crippen LogP contribution in [-0.4, -0.2) is 10.1 Å². The molecule has 0 unspecified atom stereocenters. The Bertz CT molecular complexity index is 761. The van der Waals surface area contributed by atoms with Crippen molar-refractivity contribution in [2.45, 2.75) is 0 Å². The molecule has 1 heterocycles. The van der Waals surface area contributed by atoms with Crippen LogP contribution in [0, 0.1) is 0 Å². The van der Waals surface area contributed by atoms with Gasteiger partial charge in [0.05, 0.1) is 0 Å². The first-order valence-electron chi connectivity index (χ1n) is 6.34. The fraction of sp³-hybridized carbons (Fsp3) is 0. The third-order valence-corrected chi connectivity index (χ3v) is 3.15. The van der Waals surface area contributed by atoms with Crippen molar-refractivity contribution < 1.29 is 4.52 Å². The molecule has 0 fully saturated rings. The molecule has 0 spiro atoms. The van der Waals surface area contributed by atoms with E-state index in [1.807, 2.05) is 42.5 Å². The zero-order chi connectivity index (χ0) is 14.7. The van der Waals surface area contributed by atoms with E-state index in [9.17, 15) is 0 Å². The van der Waals surface area contributed by atoms with Crippen molar-refractivity contribution in [2.24, 2.45) is 0 Å². The molecule has 0 radical (unpaired) electrons. The molecule has 5 heteroatoms. The van der Waals surface area contributed by atoms with Gasteiger partial charge in [-0.2, -0.15) is 4.98 Å². The lowest BCUT2D eigenvalue weighted by atomic mass is 10.2. The molecule has 0 aliphatic heterocycles. The molecule has 0 aliphatic carbocycles. The number of hydrogen-bond acceptors (Lipinski definition) is 4. The Labute approximate surface area is 126 Å². The van der Waals surface area contributed by atoms with Gasteiger partial charge in [0, 0.05) is 22.3 Å². The van der Waals surface area contributed by atoms with Gasteiger partial charge >= 0.3 is 0 Å². The van der Waals surface area contributed by atoms with Crippen LogP contribution in [0.15, 0.2) is 53.1 Å². The molecule has 1 aromatic heterocycles. The summed E-state index contributed by atoms with van der Waals surface area (Å²) in [7, 11) is 0. The Kier molecular flexibility index (Phi) is 3.71. The van der Waals surface area contributed by atoms with Gasteiger partial charge in [0.25, 0.3) is 5.89 Å². The SMILES string of the molecule is Nc1ccc(/C=C/c2nc(-c3ccc(Cl)cc3)no2)cc1. The smallest absolute Gasteiger partial charge is 0.250 e. The van der Waals surface area contributed by atoms with E-state index in [4.69, 9.17) is 21.9 Å². The van der Waals surface area contributed by atoms with Crippen molar-refractivity contribution in [3.8, 4) is 11.4 Å². The van der Waals surface area contributed by atoms with E-state index in [1.54, 1.807) is 18.2 Å². The highest BCUT2D eigenvalue weighted by molar-refractivity contribution is 6.30. The Morgan fingerprint density at radius 3 is 2.38 bits per heavy atom. The first-order valence-corrected chi connectivity index (χ1v) is 6.72. The maximum absolute atomic E-state index is 5.85. The molecule has 0 aliphatic rings. The Morgan fingerprint density at radius 2 is 1.67 bits per heavy atom. The van der Waals surface area contributed by atoms with Crippen molar-refractivity contribution >= 4 is 29.4 Å². The molecule has 2 N–H and O–H groups in total. The normalized spacial score (nSPS) is 11.1. The molecule has 4 nitrogen and oxygen atoms in total. The summed E-state index contributed by atoms with van der Waals surface area (Å²) in [5.41, 5.74) is 8.24. The van der Waals surface area contributed by atoms with Gasteiger partial charge in [-0.25, -0.2) is 0 Å². The Morgan fingerprint density at radius 1 is 0.952 bits per heavy atom. The Balaban J connectivity index is 1.78. The molecule has 21 heavy (non-hydrogen) atoms. The van der Waals surface area contributed by atoms with Gasteiger partial charge in [-0.3, -0.25) is 0 Å². The van der Waals surface area contributed by atoms with E-state index in [0.717, 1.165) is 16.8 Å². The zero-order valence-electron chi connectivity index (χ0n) is 11.0. The van der Waals surface area contributed by atoms with Gasteiger partial charge < -0.3 is 10.3 Å². The van der Waals surface area contributed by atoms with Crippen LogP contribution >= 0.6 is 11.6 Å². The average molecular weight is 298 g/mol. The van der Waals surface area contributed by atoms with Crippen LogP contribution in [0.4, 0.5) is 5.69 Å². The number of nitrogen functional groups attached to an aromatic ring is 1. The number of aromatic nitrogens is 2. The van der Waals surface area contributed by atoms with Crippen LogP contribution in [0.25, 0.3) is 23.5 Å². The summed E-state index contributed by atoms with van der Waals surface area (Å²) >= 11 is 5.85. The predicted octanol–water partition coefficient (Wildman–Crippen LogP) is 4.14. The maximum Gasteiger partial charge on any atom is 0.250 e. The van der Waals surface area contributed by atoms with Crippen LogP contribution in [0.2, 0.25) is 5.02 Å². The summed E-state index contributed by atoms with van der Waals surface area (Å²) in [5, 5.41) is 4.61. The van der Waals surface area contributed by atoms with Gasteiger partial charge in [0.15, 0.2) is 0 Å². The van der Waals surface area contributed by atoms with Gasteiger partial charge in [0.1, 0.15) is 0 Å². The van der Waals surface area contributed by atoms with Crippen LogP contribution in [0.1, 0.15) is 11.5 Å².